The van der Waals surface area contributed by atoms with Gasteiger partial charge in [0.1, 0.15) is 11.9 Å². The van der Waals surface area contributed by atoms with Gasteiger partial charge in [0.15, 0.2) is 0 Å². The van der Waals surface area contributed by atoms with Crippen LogP contribution < -0.4 is 4.74 Å². The summed E-state index contributed by atoms with van der Waals surface area (Å²) < 4.78 is 5.94. The van der Waals surface area contributed by atoms with E-state index in [4.69, 9.17) is 21.4 Å². The van der Waals surface area contributed by atoms with Crippen LogP contribution in [0.5, 0.6) is 5.75 Å². The summed E-state index contributed by atoms with van der Waals surface area (Å²) in [5, 5.41) is 9.78. The van der Waals surface area contributed by atoms with Crippen LogP contribution in [0.15, 0.2) is 48.5 Å². The highest BCUT2D eigenvalue weighted by atomic mass is 35.5. The molecule has 2 atom stereocenters. The topological polar surface area (TPSA) is 46.5 Å². The Labute approximate surface area is 121 Å². The molecule has 1 N–H and O–H groups in total. The minimum Gasteiger partial charge on any atom is -0.485 e. The maximum absolute atomic E-state index is 11.1. The SMILES string of the molecule is O=C(O)CC1c2ccccc2OC1c1ccc(Cl)cc1. The molecule has 0 saturated carbocycles. The molecule has 2 aromatic carbocycles. The van der Waals surface area contributed by atoms with Crippen LogP contribution in [0.2, 0.25) is 5.02 Å². The molecule has 0 saturated heterocycles. The number of halogens is 1. The van der Waals surface area contributed by atoms with Crippen LogP contribution in [0.25, 0.3) is 0 Å². The van der Waals surface area contributed by atoms with Crippen molar-refractivity contribution in [1.29, 1.82) is 0 Å². The third-order valence-electron chi connectivity index (χ3n) is 3.53. The Hall–Kier alpha value is -2.00. The molecule has 0 aromatic heterocycles. The van der Waals surface area contributed by atoms with Crippen LogP contribution in [-0.4, -0.2) is 11.1 Å². The van der Waals surface area contributed by atoms with E-state index in [1.54, 1.807) is 12.1 Å². The van der Waals surface area contributed by atoms with Gasteiger partial charge in [0, 0.05) is 16.5 Å². The van der Waals surface area contributed by atoms with Gasteiger partial charge in [-0.05, 0) is 23.8 Å². The van der Waals surface area contributed by atoms with Crippen molar-refractivity contribution in [3.05, 3.63) is 64.7 Å². The molecule has 0 amide bonds. The molecule has 20 heavy (non-hydrogen) atoms. The van der Waals surface area contributed by atoms with Gasteiger partial charge in [0.25, 0.3) is 0 Å². The van der Waals surface area contributed by atoms with E-state index in [0.29, 0.717) is 5.02 Å². The first-order chi connectivity index (χ1) is 9.65. The molecule has 3 rings (SSSR count). The van der Waals surface area contributed by atoms with E-state index >= 15 is 0 Å². The molecule has 102 valence electrons. The molecular weight excluding hydrogens is 276 g/mol. The van der Waals surface area contributed by atoms with E-state index in [2.05, 4.69) is 0 Å². The molecule has 0 bridgehead atoms. The Bertz CT molecular complexity index is 636. The Balaban J connectivity index is 1.98. The molecule has 0 spiro atoms. The van der Waals surface area contributed by atoms with Gasteiger partial charge in [-0.15, -0.1) is 0 Å². The van der Waals surface area contributed by atoms with Gasteiger partial charge in [-0.25, -0.2) is 0 Å². The number of hydrogen-bond acceptors (Lipinski definition) is 2. The normalized spacial score (nSPS) is 20.2. The predicted octanol–water partition coefficient (Wildman–Crippen LogP) is 4.03. The number of aliphatic carboxylic acids is 1. The van der Waals surface area contributed by atoms with Gasteiger partial charge >= 0.3 is 5.97 Å². The fourth-order valence-corrected chi connectivity index (χ4v) is 2.76. The highest BCUT2D eigenvalue weighted by Crippen LogP contribution is 2.47. The summed E-state index contributed by atoms with van der Waals surface area (Å²) in [6, 6.07) is 14.9. The van der Waals surface area contributed by atoms with Gasteiger partial charge in [-0.2, -0.15) is 0 Å². The highest BCUT2D eigenvalue weighted by molar-refractivity contribution is 6.30. The quantitative estimate of drug-likeness (QED) is 0.927. The Kier molecular flexibility index (Phi) is 3.36. The minimum absolute atomic E-state index is 0.0459. The largest absolute Gasteiger partial charge is 0.485 e. The average Bonchev–Trinajstić information content (AvgIpc) is 2.78. The van der Waals surface area contributed by atoms with E-state index in [9.17, 15) is 4.79 Å². The lowest BCUT2D eigenvalue weighted by molar-refractivity contribution is -0.137. The summed E-state index contributed by atoms with van der Waals surface area (Å²) in [4.78, 5) is 11.1. The number of carboxylic acids is 1. The fourth-order valence-electron chi connectivity index (χ4n) is 2.63. The van der Waals surface area contributed by atoms with Crippen molar-refractivity contribution >= 4 is 17.6 Å². The maximum Gasteiger partial charge on any atom is 0.304 e. The molecule has 0 aliphatic carbocycles. The second-order valence-corrected chi connectivity index (χ2v) is 5.27. The second kappa shape index (κ2) is 5.17. The van der Waals surface area contributed by atoms with Gasteiger partial charge in [-0.3, -0.25) is 4.79 Å². The third-order valence-corrected chi connectivity index (χ3v) is 3.78. The predicted molar refractivity (Wildman–Crippen MR) is 76.3 cm³/mol. The molecule has 0 fully saturated rings. The number of hydrogen-bond donors (Lipinski definition) is 1. The van der Waals surface area contributed by atoms with Crippen molar-refractivity contribution in [1.82, 2.24) is 0 Å². The monoisotopic (exact) mass is 288 g/mol. The van der Waals surface area contributed by atoms with Crippen LogP contribution >= 0.6 is 11.6 Å². The lowest BCUT2D eigenvalue weighted by atomic mass is 9.88. The Morgan fingerprint density at radius 3 is 2.55 bits per heavy atom. The first-order valence-electron chi connectivity index (χ1n) is 6.38. The van der Waals surface area contributed by atoms with Gasteiger partial charge in [-0.1, -0.05) is 41.9 Å². The fraction of sp³-hybridized carbons (Fsp3) is 0.188. The number of carboxylic acid groups (broad SMARTS) is 1. The zero-order valence-electron chi connectivity index (χ0n) is 10.6. The van der Waals surface area contributed by atoms with E-state index < -0.39 is 5.97 Å². The van der Waals surface area contributed by atoms with E-state index in [0.717, 1.165) is 16.9 Å². The van der Waals surface area contributed by atoms with Crippen LogP contribution in [-0.2, 0) is 4.79 Å². The lowest BCUT2D eigenvalue weighted by Gasteiger charge is -2.18. The van der Waals surface area contributed by atoms with Crippen LogP contribution in [0.1, 0.15) is 29.6 Å². The molecule has 0 radical (unpaired) electrons. The first kappa shape index (κ1) is 13.0. The highest BCUT2D eigenvalue weighted by Gasteiger charge is 2.36. The summed E-state index contributed by atoms with van der Waals surface area (Å²) in [5.41, 5.74) is 1.90. The summed E-state index contributed by atoms with van der Waals surface area (Å²) in [6.45, 7) is 0. The molecule has 2 aromatic rings. The van der Waals surface area contributed by atoms with Crippen LogP contribution in [0.4, 0.5) is 0 Å². The number of carbonyl (C=O) groups is 1. The van der Waals surface area contributed by atoms with Crippen LogP contribution in [0.3, 0.4) is 0 Å². The Morgan fingerprint density at radius 1 is 1.15 bits per heavy atom. The smallest absolute Gasteiger partial charge is 0.304 e. The van der Waals surface area contributed by atoms with Crippen molar-refractivity contribution in [3.8, 4) is 5.75 Å². The van der Waals surface area contributed by atoms with Gasteiger partial charge in [0.2, 0.25) is 0 Å². The van der Waals surface area contributed by atoms with E-state index in [-0.39, 0.29) is 18.4 Å². The number of para-hydroxylation sites is 1. The number of ether oxygens (including phenoxy) is 1. The average molecular weight is 289 g/mol. The molecular formula is C16H13ClO3. The maximum atomic E-state index is 11.1. The molecule has 3 nitrogen and oxygen atoms in total. The first-order valence-corrected chi connectivity index (χ1v) is 6.76. The van der Waals surface area contributed by atoms with Gasteiger partial charge < -0.3 is 9.84 Å². The number of fused-ring (bicyclic) bond motifs is 1. The molecule has 1 heterocycles. The number of benzene rings is 2. The lowest BCUT2D eigenvalue weighted by Crippen LogP contribution is -2.13. The molecule has 1 aliphatic heterocycles. The van der Waals surface area contributed by atoms with Crippen molar-refractivity contribution < 1.29 is 14.6 Å². The van der Waals surface area contributed by atoms with Crippen molar-refractivity contribution in [3.63, 3.8) is 0 Å². The molecule has 4 heteroatoms. The Morgan fingerprint density at radius 2 is 1.85 bits per heavy atom. The van der Waals surface area contributed by atoms with Crippen molar-refractivity contribution in [2.75, 3.05) is 0 Å². The van der Waals surface area contributed by atoms with Crippen molar-refractivity contribution in [2.24, 2.45) is 0 Å². The van der Waals surface area contributed by atoms with Gasteiger partial charge in [0.05, 0.1) is 6.42 Å². The molecule has 1 aliphatic rings. The summed E-state index contributed by atoms with van der Waals surface area (Å²) in [6.07, 6.45) is -0.231. The van der Waals surface area contributed by atoms with Crippen LogP contribution in [0, 0.1) is 0 Å². The summed E-state index contributed by atoms with van der Waals surface area (Å²) in [7, 11) is 0. The second-order valence-electron chi connectivity index (χ2n) is 4.83. The summed E-state index contributed by atoms with van der Waals surface area (Å²) >= 11 is 5.89. The third kappa shape index (κ3) is 2.37. The number of rotatable bonds is 3. The van der Waals surface area contributed by atoms with E-state index in [1.165, 1.54) is 0 Å². The van der Waals surface area contributed by atoms with Crippen molar-refractivity contribution in [2.45, 2.75) is 18.4 Å². The minimum atomic E-state index is -0.825. The zero-order chi connectivity index (χ0) is 14.1. The standard InChI is InChI=1S/C16H13ClO3/c17-11-7-5-10(6-8-11)16-13(9-15(18)19)12-3-1-2-4-14(12)20-16/h1-8,13,16H,9H2,(H,18,19). The summed E-state index contributed by atoms with van der Waals surface area (Å²) in [5.74, 6) is -0.238. The molecule has 2 unspecified atom stereocenters. The zero-order valence-corrected chi connectivity index (χ0v) is 11.4. The van der Waals surface area contributed by atoms with E-state index in [1.807, 2.05) is 36.4 Å².